The molecule has 4 nitrogen and oxygen atoms in total. The highest BCUT2D eigenvalue weighted by Crippen LogP contribution is 2.19. The zero-order chi connectivity index (χ0) is 13.0. The van der Waals surface area contributed by atoms with Gasteiger partial charge < -0.3 is 15.0 Å². The molecule has 1 unspecified atom stereocenters. The summed E-state index contributed by atoms with van der Waals surface area (Å²) < 4.78 is 2.01. The second kappa shape index (κ2) is 5.69. The van der Waals surface area contributed by atoms with Gasteiger partial charge in [-0.05, 0) is 24.1 Å². The largest absolute Gasteiger partial charge is 0.508 e. The molecule has 0 bridgehead atoms. The molecule has 1 aromatic carbocycles. The van der Waals surface area contributed by atoms with Crippen molar-refractivity contribution in [3.63, 3.8) is 0 Å². The number of nitrogens with one attached hydrogen (secondary N) is 1. The third kappa shape index (κ3) is 2.90. The molecule has 0 fully saturated rings. The summed E-state index contributed by atoms with van der Waals surface area (Å²) in [6.45, 7) is 2.88. The van der Waals surface area contributed by atoms with Crippen LogP contribution in [0, 0.1) is 0 Å². The van der Waals surface area contributed by atoms with E-state index in [1.807, 2.05) is 29.9 Å². The first-order chi connectivity index (χ1) is 8.70. The Hall–Kier alpha value is -1.81. The molecule has 0 saturated heterocycles. The van der Waals surface area contributed by atoms with Gasteiger partial charge in [0.15, 0.2) is 0 Å². The fraction of sp³-hybridized carbons (Fsp3) is 0.357. The van der Waals surface area contributed by atoms with Crippen molar-refractivity contribution in [3.05, 3.63) is 48.0 Å². The second-order valence-corrected chi connectivity index (χ2v) is 4.39. The minimum Gasteiger partial charge on any atom is -0.508 e. The standard InChI is InChI=1S/C14H19N3O/c1-3-13(11-4-6-12(18)7-5-11)16-10-14-15-8-9-17(14)2/h4-9,13,16,18H,3,10H2,1-2H3. The van der Waals surface area contributed by atoms with E-state index >= 15 is 0 Å². The van der Waals surface area contributed by atoms with Crippen molar-refractivity contribution in [3.8, 4) is 5.75 Å². The van der Waals surface area contributed by atoms with Gasteiger partial charge in [0.1, 0.15) is 11.6 Å². The first kappa shape index (κ1) is 12.6. The van der Waals surface area contributed by atoms with Crippen molar-refractivity contribution in [1.29, 1.82) is 0 Å². The van der Waals surface area contributed by atoms with E-state index in [-0.39, 0.29) is 6.04 Å². The molecule has 0 aliphatic rings. The monoisotopic (exact) mass is 245 g/mol. The highest BCUT2D eigenvalue weighted by atomic mass is 16.3. The Bertz CT molecular complexity index is 490. The van der Waals surface area contributed by atoms with Crippen LogP contribution in [0.25, 0.3) is 0 Å². The van der Waals surface area contributed by atoms with Gasteiger partial charge in [0.05, 0.1) is 6.54 Å². The molecule has 96 valence electrons. The van der Waals surface area contributed by atoms with Gasteiger partial charge in [-0.25, -0.2) is 4.98 Å². The number of aromatic nitrogens is 2. The van der Waals surface area contributed by atoms with E-state index in [2.05, 4.69) is 17.2 Å². The summed E-state index contributed by atoms with van der Waals surface area (Å²) >= 11 is 0. The molecule has 4 heteroatoms. The van der Waals surface area contributed by atoms with Gasteiger partial charge in [-0.15, -0.1) is 0 Å². The molecular formula is C14H19N3O. The van der Waals surface area contributed by atoms with E-state index < -0.39 is 0 Å². The predicted octanol–water partition coefficient (Wildman–Crippen LogP) is 2.37. The number of hydrogen-bond donors (Lipinski definition) is 2. The maximum atomic E-state index is 9.29. The van der Waals surface area contributed by atoms with Gasteiger partial charge in [0.2, 0.25) is 0 Å². The van der Waals surface area contributed by atoms with Crippen LogP contribution in [0.4, 0.5) is 0 Å². The van der Waals surface area contributed by atoms with E-state index in [1.165, 1.54) is 5.56 Å². The number of rotatable bonds is 5. The van der Waals surface area contributed by atoms with Gasteiger partial charge >= 0.3 is 0 Å². The number of aromatic hydroxyl groups is 1. The summed E-state index contributed by atoms with van der Waals surface area (Å²) in [5, 5.41) is 12.8. The molecule has 18 heavy (non-hydrogen) atoms. The summed E-state index contributed by atoms with van der Waals surface area (Å²) in [5.74, 6) is 1.32. The highest BCUT2D eigenvalue weighted by molar-refractivity contribution is 5.28. The maximum absolute atomic E-state index is 9.29. The lowest BCUT2D eigenvalue weighted by atomic mass is 10.0. The summed E-state index contributed by atoms with van der Waals surface area (Å²) in [5.41, 5.74) is 1.18. The number of aryl methyl sites for hydroxylation is 1. The molecule has 0 amide bonds. The van der Waals surface area contributed by atoms with Gasteiger partial charge in [-0.1, -0.05) is 19.1 Å². The molecule has 1 atom stereocenters. The zero-order valence-electron chi connectivity index (χ0n) is 10.8. The lowest BCUT2D eigenvalue weighted by Gasteiger charge is -2.17. The number of nitrogens with zero attached hydrogens (tertiary/aromatic N) is 2. The molecule has 1 heterocycles. The second-order valence-electron chi connectivity index (χ2n) is 4.39. The van der Waals surface area contributed by atoms with E-state index in [0.29, 0.717) is 5.75 Å². The van der Waals surface area contributed by atoms with Crippen LogP contribution < -0.4 is 5.32 Å². The SMILES string of the molecule is CCC(NCc1nccn1C)c1ccc(O)cc1. The highest BCUT2D eigenvalue weighted by Gasteiger charge is 2.09. The molecule has 2 aromatic rings. The van der Waals surface area contributed by atoms with E-state index in [0.717, 1.165) is 18.8 Å². The third-order valence-electron chi connectivity index (χ3n) is 3.13. The Morgan fingerprint density at radius 3 is 2.61 bits per heavy atom. The fourth-order valence-corrected chi connectivity index (χ4v) is 1.99. The van der Waals surface area contributed by atoms with Gasteiger partial charge in [-0.2, -0.15) is 0 Å². The first-order valence-corrected chi connectivity index (χ1v) is 6.19. The molecule has 0 aliphatic heterocycles. The molecule has 0 radical (unpaired) electrons. The van der Waals surface area contributed by atoms with Crippen LogP contribution in [-0.2, 0) is 13.6 Å². The molecule has 2 rings (SSSR count). The topological polar surface area (TPSA) is 50.1 Å². The van der Waals surface area contributed by atoms with Crippen molar-refractivity contribution in [2.45, 2.75) is 25.9 Å². The molecule has 1 aromatic heterocycles. The van der Waals surface area contributed by atoms with Crippen LogP contribution in [0.1, 0.15) is 30.8 Å². The van der Waals surface area contributed by atoms with Crippen LogP contribution in [-0.4, -0.2) is 14.7 Å². The van der Waals surface area contributed by atoms with Gasteiger partial charge in [-0.3, -0.25) is 0 Å². The van der Waals surface area contributed by atoms with Crippen molar-refractivity contribution in [2.24, 2.45) is 7.05 Å². The summed E-state index contributed by atoms with van der Waals surface area (Å²) in [4.78, 5) is 4.29. The van der Waals surface area contributed by atoms with E-state index in [9.17, 15) is 5.11 Å². The number of benzene rings is 1. The molecule has 0 saturated carbocycles. The number of phenols is 1. The predicted molar refractivity (Wildman–Crippen MR) is 71.2 cm³/mol. The van der Waals surface area contributed by atoms with Crippen LogP contribution in [0.3, 0.4) is 0 Å². The lowest BCUT2D eigenvalue weighted by molar-refractivity contribution is 0.472. The summed E-state index contributed by atoms with van der Waals surface area (Å²) in [6, 6.07) is 7.63. The average Bonchev–Trinajstić information content (AvgIpc) is 2.78. The smallest absolute Gasteiger partial charge is 0.122 e. The van der Waals surface area contributed by atoms with Crippen LogP contribution in [0.5, 0.6) is 5.75 Å². The fourth-order valence-electron chi connectivity index (χ4n) is 1.99. The number of imidazole rings is 1. The normalized spacial score (nSPS) is 12.6. The number of hydrogen-bond acceptors (Lipinski definition) is 3. The van der Waals surface area contributed by atoms with Gasteiger partial charge in [0, 0.05) is 25.5 Å². The summed E-state index contributed by atoms with van der Waals surface area (Å²) in [7, 11) is 1.99. The molecular weight excluding hydrogens is 226 g/mol. The quantitative estimate of drug-likeness (QED) is 0.850. The minimum absolute atomic E-state index is 0.280. The Morgan fingerprint density at radius 1 is 1.33 bits per heavy atom. The molecule has 0 aliphatic carbocycles. The maximum Gasteiger partial charge on any atom is 0.122 e. The number of phenolic OH excluding ortho intramolecular Hbond substituents is 1. The van der Waals surface area contributed by atoms with Crippen LogP contribution >= 0.6 is 0 Å². The Morgan fingerprint density at radius 2 is 2.06 bits per heavy atom. The molecule has 0 spiro atoms. The van der Waals surface area contributed by atoms with Crippen molar-refractivity contribution < 1.29 is 5.11 Å². The van der Waals surface area contributed by atoms with Crippen molar-refractivity contribution in [2.75, 3.05) is 0 Å². The van der Waals surface area contributed by atoms with Crippen LogP contribution in [0.2, 0.25) is 0 Å². The van der Waals surface area contributed by atoms with E-state index in [4.69, 9.17) is 0 Å². The third-order valence-corrected chi connectivity index (χ3v) is 3.13. The Labute approximate surface area is 107 Å². The van der Waals surface area contributed by atoms with Crippen LogP contribution in [0.15, 0.2) is 36.7 Å². The summed E-state index contributed by atoms with van der Waals surface area (Å²) in [6.07, 6.45) is 4.74. The lowest BCUT2D eigenvalue weighted by Crippen LogP contribution is -2.21. The van der Waals surface area contributed by atoms with E-state index in [1.54, 1.807) is 18.3 Å². The zero-order valence-corrected chi connectivity index (χ0v) is 10.8. The average molecular weight is 245 g/mol. The Kier molecular flexibility index (Phi) is 3.99. The van der Waals surface area contributed by atoms with Crippen molar-refractivity contribution in [1.82, 2.24) is 14.9 Å². The van der Waals surface area contributed by atoms with Crippen molar-refractivity contribution >= 4 is 0 Å². The first-order valence-electron chi connectivity index (χ1n) is 6.19. The van der Waals surface area contributed by atoms with Gasteiger partial charge in [0.25, 0.3) is 0 Å². The molecule has 2 N–H and O–H groups in total. The Balaban J connectivity index is 2.01. The minimum atomic E-state index is 0.280.